The van der Waals surface area contributed by atoms with Crippen molar-refractivity contribution in [3.63, 3.8) is 0 Å². The molecule has 1 aliphatic carbocycles. The van der Waals surface area contributed by atoms with Crippen molar-refractivity contribution >= 4 is 0 Å². The summed E-state index contributed by atoms with van der Waals surface area (Å²) in [7, 11) is 0. The summed E-state index contributed by atoms with van der Waals surface area (Å²) in [6, 6.07) is 4.98. The first-order valence-electron chi connectivity index (χ1n) is 8.33. The van der Waals surface area contributed by atoms with E-state index in [0.717, 1.165) is 32.2 Å². The largest absolute Gasteiger partial charge is 0.372 e. The van der Waals surface area contributed by atoms with Crippen LogP contribution in [-0.4, -0.2) is 47.8 Å². The molecule has 0 bridgehead atoms. The second-order valence-electron chi connectivity index (χ2n) is 6.32. The molecule has 1 aliphatic heterocycles. The lowest BCUT2D eigenvalue weighted by atomic mass is 10.1. The van der Waals surface area contributed by atoms with E-state index in [1.54, 1.807) is 0 Å². The van der Waals surface area contributed by atoms with Gasteiger partial charge in [-0.1, -0.05) is 6.92 Å². The quantitative estimate of drug-likeness (QED) is 0.796. The van der Waals surface area contributed by atoms with Gasteiger partial charge < -0.3 is 10.1 Å². The van der Waals surface area contributed by atoms with E-state index in [1.807, 2.05) is 12.4 Å². The van der Waals surface area contributed by atoms with E-state index in [1.165, 1.54) is 31.2 Å². The highest BCUT2D eigenvalue weighted by atomic mass is 16.5. The predicted molar refractivity (Wildman–Crippen MR) is 84.1 cm³/mol. The van der Waals surface area contributed by atoms with Gasteiger partial charge in [-0.25, -0.2) is 0 Å². The molecule has 116 valence electrons. The molecular formula is C17H27N3O. The maximum atomic E-state index is 6.19. The Bertz CT molecular complexity index is 421. The highest BCUT2D eigenvalue weighted by molar-refractivity contribution is 5.09. The van der Waals surface area contributed by atoms with Crippen LogP contribution >= 0.6 is 0 Å². The molecule has 1 saturated carbocycles. The lowest BCUT2D eigenvalue weighted by Gasteiger charge is -2.24. The van der Waals surface area contributed by atoms with Crippen LogP contribution in [0.2, 0.25) is 0 Å². The molecule has 1 aromatic heterocycles. The highest BCUT2D eigenvalue weighted by Crippen LogP contribution is 2.23. The van der Waals surface area contributed by atoms with Crippen molar-refractivity contribution < 1.29 is 4.74 Å². The van der Waals surface area contributed by atoms with Gasteiger partial charge in [-0.15, -0.1) is 0 Å². The molecule has 2 unspecified atom stereocenters. The Morgan fingerprint density at radius 3 is 2.67 bits per heavy atom. The van der Waals surface area contributed by atoms with Crippen molar-refractivity contribution in [1.82, 2.24) is 15.2 Å². The average Bonchev–Trinajstić information content (AvgIpc) is 3.25. The standard InChI is InChI=1S/C17H27N3O/c1-2-20(12-14-7-9-18-10-8-14)13-17-6-5-16(21-17)11-19-15-3-4-15/h7-10,15-17,19H,2-6,11-13H2,1H3. The van der Waals surface area contributed by atoms with Crippen molar-refractivity contribution in [1.29, 1.82) is 0 Å². The summed E-state index contributed by atoms with van der Waals surface area (Å²) in [6.07, 6.45) is 9.68. The average molecular weight is 289 g/mol. The van der Waals surface area contributed by atoms with Gasteiger partial charge in [-0.05, 0) is 49.9 Å². The number of aromatic nitrogens is 1. The normalized spacial score (nSPS) is 25.6. The Kier molecular flexibility index (Phi) is 5.22. The van der Waals surface area contributed by atoms with Crippen LogP contribution in [-0.2, 0) is 11.3 Å². The van der Waals surface area contributed by atoms with E-state index in [2.05, 4.69) is 34.3 Å². The molecule has 4 nitrogen and oxygen atoms in total. The van der Waals surface area contributed by atoms with Gasteiger partial charge in [0.25, 0.3) is 0 Å². The van der Waals surface area contributed by atoms with Crippen LogP contribution < -0.4 is 5.32 Å². The van der Waals surface area contributed by atoms with Crippen LogP contribution in [0.4, 0.5) is 0 Å². The molecule has 0 aromatic carbocycles. The lowest BCUT2D eigenvalue weighted by molar-refractivity contribution is 0.0226. The summed E-state index contributed by atoms with van der Waals surface area (Å²) in [5, 5.41) is 3.58. The second kappa shape index (κ2) is 7.34. The van der Waals surface area contributed by atoms with Gasteiger partial charge in [0, 0.05) is 38.1 Å². The lowest BCUT2D eigenvalue weighted by Crippen LogP contribution is -2.34. The number of rotatable bonds is 8. The zero-order valence-corrected chi connectivity index (χ0v) is 13.0. The van der Waals surface area contributed by atoms with Crippen molar-refractivity contribution in [3.8, 4) is 0 Å². The zero-order chi connectivity index (χ0) is 14.5. The summed E-state index contributed by atoms with van der Waals surface area (Å²) in [6.45, 7) is 6.36. The van der Waals surface area contributed by atoms with Crippen molar-refractivity contribution in [2.75, 3.05) is 19.6 Å². The smallest absolute Gasteiger partial charge is 0.0707 e. The molecule has 4 heteroatoms. The maximum Gasteiger partial charge on any atom is 0.0707 e. The minimum Gasteiger partial charge on any atom is -0.372 e. The second-order valence-corrected chi connectivity index (χ2v) is 6.32. The Labute approximate surface area is 127 Å². The molecule has 1 N–H and O–H groups in total. The molecule has 3 rings (SSSR count). The Morgan fingerprint density at radius 1 is 1.19 bits per heavy atom. The molecule has 0 amide bonds. The SMILES string of the molecule is CCN(Cc1ccncc1)CC1CCC(CNC2CC2)O1. The van der Waals surface area contributed by atoms with Crippen LogP contribution in [0.3, 0.4) is 0 Å². The summed E-state index contributed by atoms with van der Waals surface area (Å²) >= 11 is 0. The van der Waals surface area contributed by atoms with E-state index in [-0.39, 0.29) is 0 Å². The molecule has 0 radical (unpaired) electrons. The molecule has 2 atom stereocenters. The Balaban J connectivity index is 1.41. The van der Waals surface area contributed by atoms with E-state index in [4.69, 9.17) is 4.74 Å². The number of pyridine rings is 1. The minimum absolute atomic E-state index is 0.401. The van der Waals surface area contributed by atoms with Crippen LogP contribution in [0.25, 0.3) is 0 Å². The molecule has 0 spiro atoms. The fraction of sp³-hybridized carbons (Fsp3) is 0.706. The summed E-state index contributed by atoms with van der Waals surface area (Å²) in [5.74, 6) is 0. The van der Waals surface area contributed by atoms with Gasteiger partial charge in [0.15, 0.2) is 0 Å². The van der Waals surface area contributed by atoms with E-state index in [0.29, 0.717) is 12.2 Å². The molecule has 2 fully saturated rings. The molecule has 1 saturated heterocycles. The summed E-state index contributed by atoms with van der Waals surface area (Å²) in [4.78, 5) is 6.55. The van der Waals surface area contributed by atoms with Crippen molar-refractivity contribution in [2.45, 2.75) is 57.4 Å². The number of nitrogens with zero attached hydrogens (tertiary/aromatic N) is 2. The van der Waals surface area contributed by atoms with Crippen molar-refractivity contribution in [2.24, 2.45) is 0 Å². The van der Waals surface area contributed by atoms with Gasteiger partial charge in [-0.2, -0.15) is 0 Å². The van der Waals surface area contributed by atoms with Crippen molar-refractivity contribution in [3.05, 3.63) is 30.1 Å². The fourth-order valence-corrected chi connectivity index (χ4v) is 2.99. The monoisotopic (exact) mass is 289 g/mol. The number of hydrogen-bond acceptors (Lipinski definition) is 4. The number of ether oxygens (including phenoxy) is 1. The predicted octanol–water partition coefficient (Wildman–Crippen LogP) is 2.20. The third kappa shape index (κ3) is 4.77. The summed E-state index contributed by atoms with van der Waals surface area (Å²) in [5.41, 5.74) is 1.33. The van der Waals surface area contributed by atoms with Gasteiger partial charge in [0.1, 0.15) is 0 Å². The summed E-state index contributed by atoms with van der Waals surface area (Å²) < 4.78 is 6.19. The number of hydrogen-bond donors (Lipinski definition) is 1. The first kappa shape index (κ1) is 14.9. The third-order valence-corrected chi connectivity index (χ3v) is 4.47. The topological polar surface area (TPSA) is 37.4 Å². The molecule has 2 aliphatic rings. The van der Waals surface area contributed by atoms with Crippen LogP contribution in [0.15, 0.2) is 24.5 Å². The van der Waals surface area contributed by atoms with Gasteiger partial charge >= 0.3 is 0 Å². The van der Waals surface area contributed by atoms with Gasteiger partial charge in [0.05, 0.1) is 12.2 Å². The molecule has 21 heavy (non-hydrogen) atoms. The van der Waals surface area contributed by atoms with E-state index >= 15 is 0 Å². The fourth-order valence-electron chi connectivity index (χ4n) is 2.99. The first-order chi connectivity index (χ1) is 10.3. The third-order valence-electron chi connectivity index (χ3n) is 4.47. The first-order valence-corrected chi connectivity index (χ1v) is 8.33. The van der Waals surface area contributed by atoms with Gasteiger partial charge in [0.2, 0.25) is 0 Å². The van der Waals surface area contributed by atoms with Crippen LogP contribution in [0, 0.1) is 0 Å². The zero-order valence-electron chi connectivity index (χ0n) is 13.0. The van der Waals surface area contributed by atoms with Crippen LogP contribution in [0.5, 0.6) is 0 Å². The molecular weight excluding hydrogens is 262 g/mol. The minimum atomic E-state index is 0.401. The number of nitrogens with one attached hydrogen (secondary N) is 1. The van der Waals surface area contributed by atoms with E-state index < -0.39 is 0 Å². The van der Waals surface area contributed by atoms with E-state index in [9.17, 15) is 0 Å². The Morgan fingerprint density at radius 2 is 1.95 bits per heavy atom. The highest BCUT2D eigenvalue weighted by Gasteiger charge is 2.28. The van der Waals surface area contributed by atoms with Gasteiger partial charge in [-0.3, -0.25) is 9.88 Å². The maximum absolute atomic E-state index is 6.19. The Hall–Kier alpha value is -0.970. The molecule has 1 aromatic rings. The van der Waals surface area contributed by atoms with Crippen LogP contribution in [0.1, 0.15) is 38.2 Å². The number of likely N-dealkylation sites (N-methyl/N-ethyl adjacent to an activating group) is 1. The molecule has 2 heterocycles.